The van der Waals surface area contributed by atoms with Gasteiger partial charge in [-0.15, -0.1) is 0 Å². The molecule has 27 heavy (non-hydrogen) atoms. The quantitative estimate of drug-likeness (QED) is 0.754. The molecule has 1 heterocycles. The smallest absolute Gasteiger partial charge is 0.211 e. The first-order valence-electron chi connectivity index (χ1n) is 9.27. The van der Waals surface area contributed by atoms with Gasteiger partial charge in [0, 0.05) is 30.7 Å². The number of para-hydroxylation sites is 1. The van der Waals surface area contributed by atoms with Gasteiger partial charge in [0.1, 0.15) is 5.75 Å². The van der Waals surface area contributed by atoms with Crippen LogP contribution in [0.2, 0.25) is 0 Å². The molecule has 0 radical (unpaired) electrons. The molecule has 2 aromatic carbocycles. The third-order valence-electron chi connectivity index (χ3n) is 5.26. The van der Waals surface area contributed by atoms with Crippen molar-refractivity contribution in [1.82, 2.24) is 4.72 Å². The molecular weight excluding hydrogens is 362 g/mol. The van der Waals surface area contributed by atoms with Crippen LogP contribution >= 0.6 is 0 Å². The number of benzene rings is 2. The third-order valence-corrected chi connectivity index (χ3v) is 6.59. The molecule has 1 N–H and O–H groups in total. The molecule has 0 saturated carbocycles. The van der Waals surface area contributed by atoms with E-state index in [9.17, 15) is 8.42 Å². The van der Waals surface area contributed by atoms with Gasteiger partial charge in [0.15, 0.2) is 0 Å². The Balaban J connectivity index is 1.73. The van der Waals surface area contributed by atoms with E-state index >= 15 is 0 Å². The van der Waals surface area contributed by atoms with Crippen LogP contribution in [-0.4, -0.2) is 41.0 Å². The number of aryl methyl sites for hydroxylation is 1. The predicted molar refractivity (Wildman–Crippen MR) is 107 cm³/mol. The summed E-state index contributed by atoms with van der Waals surface area (Å²) in [7, 11) is -1.73. The second-order valence-electron chi connectivity index (χ2n) is 6.97. The summed E-state index contributed by atoms with van der Waals surface area (Å²) in [5, 5.41) is 0. The zero-order valence-electron chi connectivity index (χ0n) is 15.7. The van der Waals surface area contributed by atoms with E-state index in [1.807, 2.05) is 54.6 Å². The van der Waals surface area contributed by atoms with Gasteiger partial charge in [0.2, 0.25) is 10.0 Å². The normalized spacial score (nSPS) is 16.8. The van der Waals surface area contributed by atoms with E-state index in [1.165, 1.54) is 0 Å². The molecule has 0 aliphatic carbocycles. The number of hydrogen-bond acceptors (Lipinski definition) is 4. The maximum Gasteiger partial charge on any atom is 0.211 e. The molecule has 1 aliphatic rings. The lowest BCUT2D eigenvalue weighted by Gasteiger charge is -2.38. The van der Waals surface area contributed by atoms with Crippen molar-refractivity contribution in [2.24, 2.45) is 0 Å². The predicted octanol–water partition coefficient (Wildman–Crippen LogP) is 2.91. The maximum atomic E-state index is 12.6. The first-order valence-corrected chi connectivity index (χ1v) is 10.9. The van der Waals surface area contributed by atoms with Crippen LogP contribution in [0.15, 0.2) is 54.6 Å². The molecule has 1 fully saturated rings. The van der Waals surface area contributed by atoms with E-state index in [0.29, 0.717) is 26.2 Å². The molecule has 6 heteroatoms. The van der Waals surface area contributed by atoms with Crippen molar-refractivity contribution < 1.29 is 17.9 Å². The Morgan fingerprint density at radius 1 is 1.04 bits per heavy atom. The summed E-state index contributed by atoms with van der Waals surface area (Å²) < 4.78 is 39.1. The molecule has 1 aliphatic heterocycles. The van der Waals surface area contributed by atoms with E-state index in [4.69, 9.17) is 9.47 Å². The van der Waals surface area contributed by atoms with E-state index in [2.05, 4.69) is 4.72 Å². The lowest BCUT2D eigenvalue weighted by molar-refractivity contribution is 0.0509. The van der Waals surface area contributed by atoms with Crippen molar-refractivity contribution in [3.05, 3.63) is 65.7 Å². The van der Waals surface area contributed by atoms with Crippen LogP contribution in [0, 0.1) is 0 Å². The number of nitrogens with one attached hydrogen (secondary N) is 1. The second-order valence-corrected chi connectivity index (χ2v) is 8.89. The monoisotopic (exact) mass is 389 g/mol. The number of methoxy groups -OCH3 is 1. The number of sulfonamides is 1. The van der Waals surface area contributed by atoms with Crippen molar-refractivity contribution in [3.63, 3.8) is 0 Å². The highest BCUT2D eigenvalue weighted by Crippen LogP contribution is 2.39. The van der Waals surface area contributed by atoms with Crippen molar-refractivity contribution in [3.8, 4) is 5.75 Å². The van der Waals surface area contributed by atoms with Crippen LogP contribution in [0.5, 0.6) is 5.75 Å². The van der Waals surface area contributed by atoms with E-state index in [0.717, 1.165) is 29.7 Å². The summed E-state index contributed by atoms with van der Waals surface area (Å²) in [6.45, 7) is 1.58. The van der Waals surface area contributed by atoms with Crippen LogP contribution in [0.1, 0.15) is 24.0 Å². The Hall–Kier alpha value is -1.89. The van der Waals surface area contributed by atoms with Gasteiger partial charge in [0.25, 0.3) is 0 Å². The topological polar surface area (TPSA) is 64.6 Å². The summed E-state index contributed by atoms with van der Waals surface area (Å²) >= 11 is 0. The molecular formula is C21H27NO4S. The van der Waals surface area contributed by atoms with Crippen LogP contribution in [-0.2, 0) is 26.6 Å². The lowest BCUT2D eigenvalue weighted by Crippen LogP contribution is -2.45. The zero-order chi connectivity index (χ0) is 19.2. The summed E-state index contributed by atoms with van der Waals surface area (Å²) in [6.07, 6.45) is 2.02. The highest BCUT2D eigenvalue weighted by molar-refractivity contribution is 7.89. The van der Waals surface area contributed by atoms with Crippen molar-refractivity contribution in [2.75, 3.05) is 32.6 Å². The average Bonchev–Trinajstić information content (AvgIpc) is 2.72. The minimum Gasteiger partial charge on any atom is -0.496 e. The van der Waals surface area contributed by atoms with Crippen molar-refractivity contribution >= 4 is 10.0 Å². The summed E-state index contributed by atoms with van der Waals surface area (Å²) in [4.78, 5) is 0. The van der Waals surface area contributed by atoms with Crippen LogP contribution in [0.3, 0.4) is 0 Å². The Kier molecular flexibility index (Phi) is 6.52. The Morgan fingerprint density at radius 2 is 1.70 bits per heavy atom. The molecule has 0 aromatic heterocycles. The SMILES string of the molecule is COc1ccccc1C1(CNS(=O)(=O)CCc2ccccc2)CCOCC1. The highest BCUT2D eigenvalue weighted by atomic mass is 32.2. The van der Waals surface area contributed by atoms with Crippen LogP contribution in [0.4, 0.5) is 0 Å². The molecule has 1 saturated heterocycles. The molecule has 0 atom stereocenters. The summed E-state index contributed by atoms with van der Waals surface area (Å²) in [5.41, 5.74) is 1.75. The molecule has 0 unspecified atom stereocenters. The standard InChI is InChI=1S/C21H27NO4S/c1-25-20-10-6-5-9-19(20)21(12-14-26-15-13-21)17-22-27(23,24)16-11-18-7-3-2-4-8-18/h2-10,22H,11-17H2,1H3. The fourth-order valence-electron chi connectivity index (χ4n) is 3.60. The maximum absolute atomic E-state index is 12.6. The average molecular weight is 390 g/mol. The van der Waals surface area contributed by atoms with Crippen molar-refractivity contribution in [2.45, 2.75) is 24.7 Å². The number of rotatable bonds is 8. The number of hydrogen-bond donors (Lipinski definition) is 1. The molecule has 146 valence electrons. The number of ether oxygens (including phenoxy) is 2. The van der Waals surface area contributed by atoms with Crippen LogP contribution < -0.4 is 9.46 Å². The molecule has 2 aromatic rings. The first kappa shape index (κ1) is 19.9. The minimum atomic E-state index is -3.38. The highest BCUT2D eigenvalue weighted by Gasteiger charge is 2.37. The first-order chi connectivity index (χ1) is 13.0. The summed E-state index contributed by atoms with van der Waals surface area (Å²) in [5.74, 6) is 0.873. The van der Waals surface area contributed by atoms with E-state index in [1.54, 1.807) is 7.11 Å². The van der Waals surface area contributed by atoms with E-state index in [-0.39, 0.29) is 11.2 Å². The molecule has 5 nitrogen and oxygen atoms in total. The Bertz CT molecular complexity index is 830. The summed E-state index contributed by atoms with van der Waals surface area (Å²) in [6, 6.07) is 17.5. The second kappa shape index (κ2) is 8.87. The molecule has 0 amide bonds. The Morgan fingerprint density at radius 3 is 2.41 bits per heavy atom. The third kappa shape index (κ3) is 5.09. The molecule has 0 bridgehead atoms. The van der Waals surface area contributed by atoms with Gasteiger partial charge < -0.3 is 9.47 Å². The zero-order valence-corrected chi connectivity index (χ0v) is 16.5. The van der Waals surface area contributed by atoms with Gasteiger partial charge >= 0.3 is 0 Å². The van der Waals surface area contributed by atoms with Gasteiger partial charge in [-0.25, -0.2) is 13.1 Å². The van der Waals surface area contributed by atoms with Crippen molar-refractivity contribution in [1.29, 1.82) is 0 Å². The van der Waals surface area contributed by atoms with E-state index < -0.39 is 10.0 Å². The van der Waals surface area contributed by atoms with Gasteiger partial charge in [-0.05, 0) is 30.9 Å². The fraction of sp³-hybridized carbons (Fsp3) is 0.429. The van der Waals surface area contributed by atoms with Crippen LogP contribution in [0.25, 0.3) is 0 Å². The Labute approximate surface area is 161 Å². The molecule has 3 rings (SSSR count). The largest absolute Gasteiger partial charge is 0.496 e. The van der Waals surface area contributed by atoms with Gasteiger partial charge in [-0.1, -0.05) is 48.5 Å². The van der Waals surface area contributed by atoms with Gasteiger partial charge in [-0.3, -0.25) is 0 Å². The minimum absolute atomic E-state index is 0.0789. The van der Waals surface area contributed by atoms with Gasteiger partial charge in [0.05, 0.1) is 12.9 Å². The van der Waals surface area contributed by atoms with Gasteiger partial charge in [-0.2, -0.15) is 0 Å². The fourth-order valence-corrected chi connectivity index (χ4v) is 4.75. The lowest BCUT2D eigenvalue weighted by atomic mass is 9.74. The molecule has 0 spiro atoms.